The highest BCUT2D eigenvalue weighted by Crippen LogP contribution is 2.35. The number of ether oxygens (including phenoxy) is 1. The molecule has 2 aromatic rings. The van der Waals surface area contributed by atoms with Gasteiger partial charge in [-0.1, -0.05) is 47.5 Å². The second-order valence-corrected chi connectivity index (χ2v) is 9.69. The number of aliphatic hydroxyl groups is 1. The van der Waals surface area contributed by atoms with Gasteiger partial charge in [0.1, 0.15) is 23.5 Å². The Morgan fingerprint density at radius 1 is 1.18 bits per heavy atom. The molecule has 180 valence electrons. The lowest BCUT2D eigenvalue weighted by molar-refractivity contribution is -0.131. The van der Waals surface area contributed by atoms with Crippen LogP contribution in [0.1, 0.15) is 37.0 Å². The van der Waals surface area contributed by atoms with Crippen LogP contribution in [0, 0.1) is 5.92 Å². The number of rotatable bonds is 10. The quantitative estimate of drug-likeness (QED) is 0.369. The summed E-state index contributed by atoms with van der Waals surface area (Å²) in [6.07, 6.45) is 4.84. The van der Waals surface area contributed by atoms with E-state index in [1.54, 1.807) is 12.1 Å². The zero-order valence-corrected chi connectivity index (χ0v) is 21.0. The zero-order valence-electron chi connectivity index (χ0n) is 18.7. The van der Waals surface area contributed by atoms with Gasteiger partial charge in [0.2, 0.25) is 0 Å². The van der Waals surface area contributed by atoms with E-state index < -0.39 is 12.1 Å². The molecule has 3 rings (SSSR count). The summed E-state index contributed by atoms with van der Waals surface area (Å²) in [7, 11) is 0. The Labute approximate surface area is 211 Å². The SMILES string of the molecule is CC(C)(CC1Cc2ccccc2C1)NC[C@@H](O)COc1ccc(/C=C/C(=O)O)c(Cl)c1Cl.Cl. The topological polar surface area (TPSA) is 78.8 Å². The van der Waals surface area contributed by atoms with E-state index in [1.807, 2.05) is 0 Å². The first kappa shape index (κ1) is 27.5. The van der Waals surface area contributed by atoms with Gasteiger partial charge in [0.15, 0.2) is 0 Å². The normalized spacial score (nSPS) is 14.7. The number of hydrogen-bond donors (Lipinski definition) is 3. The minimum Gasteiger partial charge on any atom is -0.489 e. The molecule has 0 spiro atoms. The lowest BCUT2D eigenvalue weighted by Gasteiger charge is -2.30. The van der Waals surface area contributed by atoms with Crippen LogP contribution in [0.25, 0.3) is 6.08 Å². The Morgan fingerprint density at radius 2 is 1.82 bits per heavy atom. The third kappa shape index (κ3) is 7.90. The molecular weight excluding hydrogens is 485 g/mol. The van der Waals surface area contributed by atoms with E-state index in [1.165, 1.54) is 17.2 Å². The van der Waals surface area contributed by atoms with Crippen LogP contribution in [0.15, 0.2) is 42.5 Å². The van der Waals surface area contributed by atoms with Crippen molar-refractivity contribution in [2.24, 2.45) is 5.92 Å². The summed E-state index contributed by atoms with van der Waals surface area (Å²) < 4.78 is 5.65. The second-order valence-electron chi connectivity index (χ2n) is 8.93. The van der Waals surface area contributed by atoms with E-state index in [0.29, 0.717) is 23.8 Å². The number of benzene rings is 2. The van der Waals surface area contributed by atoms with Crippen molar-refractivity contribution in [2.45, 2.75) is 44.8 Å². The van der Waals surface area contributed by atoms with E-state index in [9.17, 15) is 9.90 Å². The average molecular weight is 515 g/mol. The van der Waals surface area contributed by atoms with Crippen molar-refractivity contribution in [1.29, 1.82) is 0 Å². The first-order chi connectivity index (χ1) is 15.1. The number of carboxylic acid groups (broad SMARTS) is 1. The molecule has 8 heteroatoms. The maximum Gasteiger partial charge on any atom is 0.328 e. The van der Waals surface area contributed by atoms with Crippen molar-refractivity contribution in [1.82, 2.24) is 5.32 Å². The van der Waals surface area contributed by atoms with E-state index >= 15 is 0 Å². The van der Waals surface area contributed by atoms with Crippen LogP contribution in [-0.2, 0) is 17.6 Å². The third-order valence-corrected chi connectivity index (χ3v) is 6.54. The summed E-state index contributed by atoms with van der Waals surface area (Å²) >= 11 is 12.4. The van der Waals surface area contributed by atoms with Crippen LogP contribution in [0.5, 0.6) is 5.75 Å². The van der Waals surface area contributed by atoms with Crippen molar-refractivity contribution in [3.63, 3.8) is 0 Å². The van der Waals surface area contributed by atoms with Gasteiger partial charge >= 0.3 is 5.97 Å². The molecular formula is C25H30Cl3NO4. The maximum absolute atomic E-state index is 10.7. The van der Waals surface area contributed by atoms with E-state index in [2.05, 4.69) is 43.4 Å². The summed E-state index contributed by atoms with van der Waals surface area (Å²) in [5, 5.41) is 23.0. The van der Waals surface area contributed by atoms with Crippen LogP contribution < -0.4 is 10.1 Å². The maximum atomic E-state index is 10.7. The largest absolute Gasteiger partial charge is 0.489 e. The highest BCUT2D eigenvalue weighted by atomic mass is 35.5. The minimum atomic E-state index is -1.08. The molecule has 0 aromatic heterocycles. The minimum absolute atomic E-state index is 0. The van der Waals surface area contributed by atoms with Crippen molar-refractivity contribution in [2.75, 3.05) is 13.2 Å². The Morgan fingerprint density at radius 3 is 2.42 bits per heavy atom. The number of aliphatic carboxylic acids is 1. The van der Waals surface area contributed by atoms with Gasteiger partial charge in [-0.2, -0.15) is 0 Å². The van der Waals surface area contributed by atoms with Gasteiger partial charge in [0.25, 0.3) is 0 Å². The molecule has 0 saturated heterocycles. The van der Waals surface area contributed by atoms with Gasteiger partial charge < -0.3 is 20.3 Å². The molecule has 5 nitrogen and oxygen atoms in total. The van der Waals surface area contributed by atoms with Gasteiger partial charge in [-0.05, 0) is 73.9 Å². The Hall–Kier alpha value is -1.76. The van der Waals surface area contributed by atoms with Gasteiger partial charge in [-0.3, -0.25) is 0 Å². The van der Waals surface area contributed by atoms with Crippen molar-refractivity contribution in [3.8, 4) is 5.75 Å². The molecule has 0 aliphatic heterocycles. The standard InChI is InChI=1S/C25H29Cl2NO4.ClH/c1-25(2,13-16-11-18-5-3-4-6-19(18)12-16)28-14-20(29)15-32-21-9-7-17(8-10-22(30)31)23(26)24(21)27;/h3-10,16,20,28-29H,11-15H2,1-2H3,(H,30,31);1H/b10-8+;/t20-;/m1./s1. The molecule has 0 bridgehead atoms. The fourth-order valence-electron chi connectivity index (χ4n) is 4.18. The van der Waals surface area contributed by atoms with Crippen LogP contribution >= 0.6 is 35.6 Å². The fraction of sp³-hybridized carbons (Fsp3) is 0.400. The molecule has 2 aromatic carbocycles. The highest BCUT2D eigenvalue weighted by molar-refractivity contribution is 6.43. The van der Waals surface area contributed by atoms with E-state index in [4.69, 9.17) is 33.0 Å². The predicted molar refractivity (Wildman–Crippen MR) is 136 cm³/mol. The molecule has 0 fully saturated rings. The molecule has 1 atom stereocenters. The number of β-amino-alcohol motifs (C(OH)–C–C–N with tert-alkyl or cyclic N) is 1. The summed E-state index contributed by atoms with van der Waals surface area (Å²) in [5.41, 5.74) is 3.25. The predicted octanol–water partition coefficient (Wildman–Crippen LogP) is 5.43. The van der Waals surface area contributed by atoms with Crippen LogP contribution in [-0.4, -0.2) is 41.0 Å². The number of aliphatic hydroxyl groups excluding tert-OH is 1. The van der Waals surface area contributed by atoms with Crippen LogP contribution in [0.4, 0.5) is 0 Å². The first-order valence-electron chi connectivity index (χ1n) is 10.7. The monoisotopic (exact) mass is 513 g/mol. The molecule has 1 aliphatic rings. The fourth-order valence-corrected chi connectivity index (χ4v) is 4.62. The molecule has 0 saturated carbocycles. The average Bonchev–Trinajstić information content (AvgIpc) is 3.14. The molecule has 0 unspecified atom stereocenters. The van der Waals surface area contributed by atoms with Crippen molar-refractivity contribution < 1.29 is 19.7 Å². The van der Waals surface area contributed by atoms with Crippen molar-refractivity contribution >= 4 is 47.7 Å². The summed E-state index contributed by atoms with van der Waals surface area (Å²) in [4.78, 5) is 10.7. The first-order valence-corrected chi connectivity index (χ1v) is 11.4. The lowest BCUT2D eigenvalue weighted by Crippen LogP contribution is -2.46. The molecule has 1 aliphatic carbocycles. The number of carbonyl (C=O) groups is 1. The third-order valence-electron chi connectivity index (χ3n) is 5.66. The smallest absolute Gasteiger partial charge is 0.328 e. The number of fused-ring (bicyclic) bond motifs is 1. The second kappa shape index (κ2) is 12.1. The number of halogens is 3. The molecule has 0 amide bonds. The van der Waals surface area contributed by atoms with Crippen molar-refractivity contribution in [3.05, 3.63) is 69.2 Å². The van der Waals surface area contributed by atoms with Gasteiger partial charge in [0.05, 0.1) is 5.02 Å². The van der Waals surface area contributed by atoms with E-state index in [0.717, 1.165) is 25.3 Å². The van der Waals surface area contributed by atoms with Crippen LogP contribution in [0.2, 0.25) is 10.0 Å². The molecule has 0 heterocycles. The van der Waals surface area contributed by atoms with Crippen LogP contribution in [0.3, 0.4) is 0 Å². The molecule has 0 radical (unpaired) electrons. The summed E-state index contributed by atoms with van der Waals surface area (Å²) in [5.74, 6) is -0.141. The Balaban J connectivity index is 0.00000385. The van der Waals surface area contributed by atoms with Gasteiger partial charge in [0, 0.05) is 18.2 Å². The Kier molecular flexibility index (Phi) is 10.1. The van der Waals surface area contributed by atoms with E-state index in [-0.39, 0.29) is 34.6 Å². The highest BCUT2D eigenvalue weighted by Gasteiger charge is 2.28. The molecule has 33 heavy (non-hydrogen) atoms. The number of nitrogens with one attached hydrogen (secondary N) is 1. The van der Waals surface area contributed by atoms with Gasteiger partial charge in [-0.15, -0.1) is 12.4 Å². The zero-order chi connectivity index (χ0) is 23.3. The number of hydrogen-bond acceptors (Lipinski definition) is 4. The summed E-state index contributed by atoms with van der Waals surface area (Å²) in [6, 6.07) is 11.8. The number of carboxylic acids is 1. The van der Waals surface area contributed by atoms with Gasteiger partial charge in [-0.25, -0.2) is 4.79 Å². The summed E-state index contributed by atoms with van der Waals surface area (Å²) in [6.45, 7) is 4.75. The lowest BCUT2D eigenvalue weighted by atomic mass is 9.88. The molecule has 3 N–H and O–H groups in total. The Bertz CT molecular complexity index is 969.